The standard InChI is InChI=1S/C10H7BrClN3S/c11-8-4-15-9(5-14-8)16-7-3-1-2-6(13)10(7)12/h1-5H,13H2. The van der Waals surface area contributed by atoms with Crippen molar-refractivity contribution in [2.75, 3.05) is 5.73 Å². The minimum absolute atomic E-state index is 0.553. The summed E-state index contributed by atoms with van der Waals surface area (Å²) in [5, 5.41) is 1.33. The quantitative estimate of drug-likeness (QED) is 0.860. The molecule has 82 valence electrons. The van der Waals surface area contributed by atoms with E-state index in [0.717, 1.165) is 9.92 Å². The lowest BCUT2D eigenvalue weighted by molar-refractivity contribution is 1.03. The third kappa shape index (κ3) is 2.66. The van der Waals surface area contributed by atoms with Crippen LogP contribution >= 0.6 is 39.3 Å². The predicted molar refractivity (Wildman–Crippen MR) is 69.7 cm³/mol. The highest BCUT2D eigenvalue weighted by Gasteiger charge is 2.06. The molecule has 0 fully saturated rings. The van der Waals surface area contributed by atoms with E-state index in [9.17, 15) is 0 Å². The zero-order valence-electron chi connectivity index (χ0n) is 8.02. The van der Waals surface area contributed by atoms with Crippen LogP contribution in [-0.2, 0) is 0 Å². The third-order valence-corrected chi connectivity index (χ3v) is 3.73. The first-order valence-corrected chi connectivity index (χ1v) is 6.35. The molecule has 0 radical (unpaired) electrons. The summed E-state index contributed by atoms with van der Waals surface area (Å²) in [6.07, 6.45) is 3.32. The number of hydrogen-bond donors (Lipinski definition) is 1. The van der Waals surface area contributed by atoms with E-state index in [4.69, 9.17) is 17.3 Å². The van der Waals surface area contributed by atoms with Crippen molar-refractivity contribution >= 4 is 45.0 Å². The minimum Gasteiger partial charge on any atom is -0.397 e. The fraction of sp³-hybridized carbons (Fsp3) is 0. The Bertz CT molecular complexity index is 504. The van der Waals surface area contributed by atoms with E-state index in [1.807, 2.05) is 12.1 Å². The molecule has 2 N–H and O–H groups in total. The molecule has 0 atom stereocenters. The van der Waals surface area contributed by atoms with Gasteiger partial charge in [0.05, 0.1) is 23.1 Å². The van der Waals surface area contributed by atoms with Crippen LogP contribution in [0.4, 0.5) is 5.69 Å². The van der Waals surface area contributed by atoms with Crippen molar-refractivity contribution in [1.29, 1.82) is 0 Å². The Kier molecular flexibility index (Phi) is 3.68. The highest BCUT2D eigenvalue weighted by molar-refractivity contribution is 9.10. The molecule has 2 aromatic rings. The summed E-state index contributed by atoms with van der Waals surface area (Å²) in [6, 6.07) is 5.52. The van der Waals surface area contributed by atoms with Gasteiger partial charge in [0.25, 0.3) is 0 Å². The Morgan fingerprint density at radius 3 is 2.75 bits per heavy atom. The second-order valence-corrected chi connectivity index (χ2v) is 5.19. The van der Waals surface area contributed by atoms with Crippen molar-refractivity contribution in [2.45, 2.75) is 9.92 Å². The number of rotatable bonds is 2. The Balaban J connectivity index is 2.27. The van der Waals surface area contributed by atoms with Crippen LogP contribution in [0.2, 0.25) is 5.02 Å². The monoisotopic (exact) mass is 315 g/mol. The van der Waals surface area contributed by atoms with E-state index >= 15 is 0 Å². The van der Waals surface area contributed by atoms with Crippen molar-refractivity contribution < 1.29 is 0 Å². The van der Waals surface area contributed by atoms with E-state index < -0.39 is 0 Å². The van der Waals surface area contributed by atoms with Crippen molar-refractivity contribution in [1.82, 2.24) is 9.97 Å². The number of benzene rings is 1. The van der Waals surface area contributed by atoms with Crippen molar-refractivity contribution in [2.24, 2.45) is 0 Å². The smallest absolute Gasteiger partial charge is 0.124 e. The Hall–Kier alpha value is -0.780. The zero-order valence-corrected chi connectivity index (χ0v) is 11.2. The van der Waals surface area contributed by atoms with E-state index in [1.54, 1.807) is 18.5 Å². The number of halogens is 2. The van der Waals surface area contributed by atoms with Gasteiger partial charge in [-0.3, -0.25) is 0 Å². The lowest BCUT2D eigenvalue weighted by atomic mass is 10.3. The summed E-state index contributed by atoms with van der Waals surface area (Å²) >= 11 is 10.7. The summed E-state index contributed by atoms with van der Waals surface area (Å²) in [5.41, 5.74) is 6.28. The highest BCUT2D eigenvalue weighted by atomic mass is 79.9. The molecule has 0 aliphatic carbocycles. The summed E-state index contributed by atoms with van der Waals surface area (Å²) in [5.74, 6) is 0. The topological polar surface area (TPSA) is 51.8 Å². The van der Waals surface area contributed by atoms with Gasteiger partial charge in [-0.15, -0.1) is 0 Å². The maximum absolute atomic E-state index is 6.07. The van der Waals surface area contributed by atoms with Crippen molar-refractivity contribution in [3.8, 4) is 0 Å². The molecular weight excluding hydrogens is 310 g/mol. The SMILES string of the molecule is Nc1cccc(Sc2cnc(Br)cn2)c1Cl. The van der Waals surface area contributed by atoms with E-state index in [-0.39, 0.29) is 0 Å². The van der Waals surface area contributed by atoms with Crippen molar-refractivity contribution in [3.05, 3.63) is 40.2 Å². The van der Waals surface area contributed by atoms with Gasteiger partial charge >= 0.3 is 0 Å². The van der Waals surface area contributed by atoms with Crippen molar-refractivity contribution in [3.63, 3.8) is 0 Å². The Morgan fingerprint density at radius 1 is 1.25 bits per heavy atom. The summed E-state index contributed by atoms with van der Waals surface area (Å²) in [4.78, 5) is 9.16. The van der Waals surface area contributed by atoms with Gasteiger partial charge in [-0.05, 0) is 28.1 Å². The molecule has 0 bridgehead atoms. The van der Waals surface area contributed by atoms with Crippen LogP contribution in [0.5, 0.6) is 0 Å². The molecule has 0 aliphatic rings. The maximum Gasteiger partial charge on any atom is 0.124 e. The molecule has 0 saturated carbocycles. The van der Waals surface area contributed by atoms with Gasteiger partial charge in [-0.2, -0.15) is 0 Å². The molecule has 0 aliphatic heterocycles. The molecule has 0 spiro atoms. The van der Waals surface area contributed by atoms with E-state index in [0.29, 0.717) is 15.3 Å². The Morgan fingerprint density at radius 2 is 2.06 bits per heavy atom. The summed E-state index contributed by atoms with van der Waals surface area (Å²) < 4.78 is 0.704. The van der Waals surface area contributed by atoms with Gasteiger partial charge < -0.3 is 5.73 Å². The van der Waals surface area contributed by atoms with Gasteiger partial charge in [0.1, 0.15) is 9.63 Å². The van der Waals surface area contributed by atoms with Crippen LogP contribution in [0.25, 0.3) is 0 Å². The maximum atomic E-state index is 6.07. The fourth-order valence-electron chi connectivity index (χ4n) is 1.07. The molecule has 0 unspecified atom stereocenters. The van der Waals surface area contributed by atoms with Crippen LogP contribution in [0.1, 0.15) is 0 Å². The first kappa shape index (κ1) is 11.7. The van der Waals surface area contributed by atoms with Crippen LogP contribution < -0.4 is 5.73 Å². The predicted octanol–water partition coefficient (Wildman–Crippen LogP) is 3.63. The van der Waals surface area contributed by atoms with Crippen LogP contribution in [-0.4, -0.2) is 9.97 Å². The molecule has 6 heteroatoms. The highest BCUT2D eigenvalue weighted by Crippen LogP contribution is 2.35. The van der Waals surface area contributed by atoms with Gasteiger partial charge in [0.15, 0.2) is 0 Å². The van der Waals surface area contributed by atoms with Crippen LogP contribution in [0, 0.1) is 0 Å². The minimum atomic E-state index is 0.553. The lowest BCUT2D eigenvalue weighted by Gasteiger charge is -2.04. The third-order valence-electron chi connectivity index (χ3n) is 1.80. The zero-order chi connectivity index (χ0) is 11.5. The second kappa shape index (κ2) is 5.03. The number of nitrogen functional groups attached to an aromatic ring is 1. The number of anilines is 1. The Labute approximate surface area is 111 Å². The van der Waals surface area contributed by atoms with Gasteiger partial charge in [0, 0.05) is 4.90 Å². The van der Waals surface area contributed by atoms with Crippen LogP contribution in [0.3, 0.4) is 0 Å². The number of aromatic nitrogens is 2. The number of nitrogens with two attached hydrogens (primary N) is 1. The van der Waals surface area contributed by atoms with Crippen LogP contribution in [0.15, 0.2) is 45.1 Å². The van der Waals surface area contributed by atoms with E-state index in [1.165, 1.54) is 11.8 Å². The summed E-state index contributed by atoms with van der Waals surface area (Å²) in [6.45, 7) is 0. The molecule has 1 aromatic carbocycles. The van der Waals surface area contributed by atoms with Gasteiger partial charge in [-0.1, -0.05) is 29.4 Å². The number of hydrogen-bond acceptors (Lipinski definition) is 4. The lowest BCUT2D eigenvalue weighted by Crippen LogP contribution is -1.88. The largest absolute Gasteiger partial charge is 0.397 e. The molecule has 1 heterocycles. The summed E-state index contributed by atoms with van der Waals surface area (Å²) in [7, 11) is 0. The molecule has 0 amide bonds. The fourth-order valence-corrected chi connectivity index (χ4v) is 2.31. The molecule has 3 nitrogen and oxygen atoms in total. The van der Waals surface area contributed by atoms with Gasteiger partial charge in [-0.25, -0.2) is 9.97 Å². The first-order chi connectivity index (χ1) is 7.66. The average Bonchev–Trinajstić information content (AvgIpc) is 2.28. The van der Waals surface area contributed by atoms with E-state index in [2.05, 4.69) is 25.9 Å². The number of nitrogens with zero attached hydrogens (tertiary/aromatic N) is 2. The van der Waals surface area contributed by atoms with Gasteiger partial charge in [0.2, 0.25) is 0 Å². The molecule has 16 heavy (non-hydrogen) atoms. The second-order valence-electron chi connectivity index (χ2n) is 2.94. The molecule has 2 rings (SSSR count). The molecule has 0 saturated heterocycles. The average molecular weight is 317 g/mol. The normalized spacial score (nSPS) is 10.4. The first-order valence-electron chi connectivity index (χ1n) is 4.36. The molecule has 1 aromatic heterocycles. The molecular formula is C10H7BrClN3S.